The van der Waals surface area contributed by atoms with Gasteiger partial charge in [0.15, 0.2) is 5.75 Å². The van der Waals surface area contributed by atoms with Crippen molar-refractivity contribution in [2.45, 2.75) is 45.0 Å². The van der Waals surface area contributed by atoms with Crippen LogP contribution in [0.3, 0.4) is 0 Å². The number of benzene rings is 1. The fraction of sp³-hybridized carbons (Fsp3) is 0.552. The summed E-state index contributed by atoms with van der Waals surface area (Å²) in [5.74, 6) is 0.814. The molecule has 3 heterocycles. The minimum atomic E-state index is -4.40. The first kappa shape index (κ1) is 31.4. The van der Waals surface area contributed by atoms with E-state index < -0.39 is 24.4 Å². The van der Waals surface area contributed by atoms with Gasteiger partial charge < -0.3 is 24.4 Å². The second-order valence-corrected chi connectivity index (χ2v) is 11.3. The van der Waals surface area contributed by atoms with Crippen LogP contribution in [0.1, 0.15) is 43.6 Å². The highest BCUT2D eigenvalue weighted by molar-refractivity contribution is 5.68. The van der Waals surface area contributed by atoms with Crippen LogP contribution in [-0.4, -0.2) is 103 Å². The van der Waals surface area contributed by atoms with Crippen LogP contribution in [0.15, 0.2) is 30.5 Å². The predicted octanol–water partition coefficient (Wildman–Crippen LogP) is 4.10. The highest BCUT2D eigenvalue weighted by Gasteiger charge is 2.39. The first-order valence-corrected chi connectivity index (χ1v) is 13.9. The number of anilines is 1. The van der Waals surface area contributed by atoms with Gasteiger partial charge in [0.2, 0.25) is 0 Å². The lowest BCUT2D eigenvalue weighted by molar-refractivity contribution is -0.150. The van der Waals surface area contributed by atoms with E-state index in [4.69, 9.17) is 14.2 Å². The number of hydrogen-bond donors (Lipinski definition) is 1. The Morgan fingerprint density at radius 2 is 1.83 bits per heavy atom. The van der Waals surface area contributed by atoms with E-state index in [2.05, 4.69) is 15.2 Å². The van der Waals surface area contributed by atoms with Gasteiger partial charge in [-0.15, -0.1) is 0 Å². The number of nitrogens with one attached hydrogen (secondary N) is 1. The summed E-state index contributed by atoms with van der Waals surface area (Å²) in [6.07, 6.45) is -2.91. The smallest absolute Gasteiger partial charge is 0.410 e. The fourth-order valence-electron chi connectivity index (χ4n) is 5.28. The van der Waals surface area contributed by atoms with Gasteiger partial charge in [0.1, 0.15) is 18.0 Å². The Morgan fingerprint density at radius 3 is 2.43 bits per heavy atom. The minimum Gasteiger partial charge on any atom is -0.491 e. The maximum Gasteiger partial charge on any atom is 0.410 e. The number of rotatable bonds is 9. The maximum absolute atomic E-state index is 13.5. The second kappa shape index (κ2) is 13.2. The van der Waals surface area contributed by atoms with E-state index in [1.807, 2.05) is 20.8 Å². The van der Waals surface area contributed by atoms with Crippen molar-refractivity contribution in [1.29, 1.82) is 0 Å². The summed E-state index contributed by atoms with van der Waals surface area (Å²) in [6, 6.07) is 6.02. The Hall–Kier alpha value is -3.58. The molecule has 2 aromatic rings. The molecule has 1 aromatic carbocycles. The molecule has 4 rings (SSSR count). The number of piperazine rings is 1. The number of pyridine rings is 1. The van der Waals surface area contributed by atoms with Crippen LogP contribution in [0.4, 0.5) is 23.7 Å². The van der Waals surface area contributed by atoms with Crippen molar-refractivity contribution in [3.63, 3.8) is 0 Å². The average Bonchev–Trinajstić information content (AvgIpc) is 2.92. The summed E-state index contributed by atoms with van der Waals surface area (Å²) in [4.78, 5) is 33.2. The Morgan fingerprint density at radius 1 is 1.10 bits per heavy atom. The highest BCUT2D eigenvalue weighted by atomic mass is 19.4. The molecule has 0 radical (unpaired) electrons. The molecule has 1 saturated heterocycles. The third-order valence-electron chi connectivity index (χ3n) is 7.16. The van der Waals surface area contributed by atoms with Crippen LogP contribution in [0.25, 0.3) is 0 Å². The maximum atomic E-state index is 13.5. The highest BCUT2D eigenvalue weighted by Crippen LogP contribution is 2.42. The number of carbonyl (C=O) groups excluding carboxylic acids is 2. The van der Waals surface area contributed by atoms with Gasteiger partial charge in [-0.25, -0.2) is 4.79 Å². The molecule has 0 spiro atoms. The standard InChI is InChI=1S/C29H38F3N5O5/c1-28(2,3)42-27(39)36-13-11-35(12-14-36)15-16-40-20-5-7-23(34-17-20)25-21-6-8-24(33-4)26(41-19-38)22(21)9-10-37(25)18-29(30,31)32/h5-8,17,19,25,33H,9-16,18H2,1-4H3. The van der Waals surface area contributed by atoms with Gasteiger partial charge in [-0.05, 0) is 51.0 Å². The molecule has 2 aliphatic rings. The van der Waals surface area contributed by atoms with E-state index in [0.717, 1.165) is 0 Å². The molecule has 0 bridgehead atoms. The summed E-state index contributed by atoms with van der Waals surface area (Å²) in [6.45, 7) is 8.41. The third-order valence-corrected chi connectivity index (χ3v) is 7.16. The van der Waals surface area contributed by atoms with Crippen molar-refractivity contribution < 1.29 is 37.0 Å². The normalized spacial score (nSPS) is 18.3. The number of aromatic nitrogens is 1. The van der Waals surface area contributed by atoms with Gasteiger partial charge in [0.25, 0.3) is 6.47 Å². The number of amides is 1. The van der Waals surface area contributed by atoms with E-state index in [0.29, 0.717) is 79.8 Å². The molecule has 1 N–H and O–H groups in total. The van der Waals surface area contributed by atoms with Crippen LogP contribution in [0, 0.1) is 0 Å². The summed E-state index contributed by atoms with van der Waals surface area (Å²) >= 11 is 0. The zero-order valence-electron chi connectivity index (χ0n) is 24.4. The second-order valence-electron chi connectivity index (χ2n) is 11.3. The lowest BCUT2D eigenvalue weighted by Gasteiger charge is -2.38. The molecule has 0 saturated carbocycles. The Bertz CT molecular complexity index is 1230. The number of fused-ring (bicyclic) bond motifs is 1. The first-order chi connectivity index (χ1) is 19.9. The molecule has 2 aliphatic heterocycles. The van der Waals surface area contributed by atoms with Gasteiger partial charge in [-0.2, -0.15) is 13.2 Å². The van der Waals surface area contributed by atoms with E-state index in [1.165, 1.54) is 11.1 Å². The van der Waals surface area contributed by atoms with Crippen molar-refractivity contribution in [1.82, 2.24) is 19.7 Å². The predicted molar refractivity (Wildman–Crippen MR) is 150 cm³/mol. The van der Waals surface area contributed by atoms with Gasteiger partial charge >= 0.3 is 12.3 Å². The third kappa shape index (κ3) is 8.03. The quantitative estimate of drug-likeness (QED) is 0.431. The Balaban J connectivity index is 1.41. The van der Waals surface area contributed by atoms with Crippen LogP contribution in [0.5, 0.6) is 11.5 Å². The van der Waals surface area contributed by atoms with Crippen molar-refractivity contribution in [3.05, 3.63) is 47.3 Å². The average molecular weight is 594 g/mol. The first-order valence-electron chi connectivity index (χ1n) is 13.9. The molecule has 1 amide bonds. The summed E-state index contributed by atoms with van der Waals surface area (Å²) in [5.41, 5.74) is 1.75. The molecule has 230 valence electrons. The lowest BCUT2D eigenvalue weighted by atomic mass is 9.89. The molecule has 42 heavy (non-hydrogen) atoms. The van der Waals surface area contributed by atoms with Crippen LogP contribution >= 0.6 is 0 Å². The topological polar surface area (TPSA) is 96.5 Å². The number of alkyl halides is 3. The number of halogens is 3. The molecule has 1 atom stereocenters. The van der Waals surface area contributed by atoms with Crippen molar-refractivity contribution >= 4 is 18.3 Å². The SMILES string of the molecule is CNc1ccc2c(c1OC=O)CCN(CC(F)(F)F)C2c1ccc(OCCN2CCN(C(=O)OC(C)(C)C)CC2)cn1. The number of ether oxygens (including phenoxy) is 3. The molecular formula is C29H38F3N5O5. The Kier molecular flexibility index (Phi) is 9.82. The van der Waals surface area contributed by atoms with Gasteiger partial charge in [-0.3, -0.25) is 19.6 Å². The number of carbonyl (C=O) groups is 2. The number of nitrogens with zero attached hydrogens (tertiary/aromatic N) is 4. The minimum absolute atomic E-state index is 0.112. The summed E-state index contributed by atoms with van der Waals surface area (Å²) in [5, 5.41) is 2.96. The van der Waals surface area contributed by atoms with Gasteiger partial charge in [-0.1, -0.05) is 6.07 Å². The van der Waals surface area contributed by atoms with Crippen LogP contribution in [-0.2, 0) is 16.0 Å². The van der Waals surface area contributed by atoms with Crippen LogP contribution in [0.2, 0.25) is 0 Å². The van der Waals surface area contributed by atoms with Crippen LogP contribution < -0.4 is 14.8 Å². The zero-order valence-corrected chi connectivity index (χ0v) is 24.4. The molecule has 1 aromatic heterocycles. The molecular weight excluding hydrogens is 555 g/mol. The lowest BCUT2D eigenvalue weighted by Crippen LogP contribution is -2.50. The van der Waals surface area contributed by atoms with Crippen molar-refractivity contribution in [2.24, 2.45) is 0 Å². The van der Waals surface area contributed by atoms with E-state index in [-0.39, 0.29) is 19.1 Å². The monoisotopic (exact) mass is 593 g/mol. The molecule has 0 aliphatic carbocycles. The van der Waals surface area contributed by atoms with Crippen molar-refractivity contribution in [3.8, 4) is 11.5 Å². The molecule has 13 heteroatoms. The van der Waals surface area contributed by atoms with Gasteiger partial charge in [0.05, 0.1) is 30.2 Å². The number of hydrogen-bond acceptors (Lipinski definition) is 9. The van der Waals surface area contributed by atoms with E-state index in [9.17, 15) is 22.8 Å². The molecule has 1 fully saturated rings. The largest absolute Gasteiger partial charge is 0.491 e. The van der Waals surface area contributed by atoms with Gasteiger partial charge in [0, 0.05) is 51.9 Å². The van der Waals surface area contributed by atoms with Crippen molar-refractivity contribution in [2.75, 3.05) is 64.8 Å². The summed E-state index contributed by atoms with van der Waals surface area (Å²) in [7, 11) is 1.68. The summed E-state index contributed by atoms with van der Waals surface area (Å²) < 4.78 is 57.1. The molecule has 1 unspecified atom stereocenters. The Labute approximate surface area is 243 Å². The van der Waals surface area contributed by atoms with E-state index in [1.54, 1.807) is 36.2 Å². The fourth-order valence-corrected chi connectivity index (χ4v) is 5.28. The molecule has 10 nitrogen and oxygen atoms in total. The zero-order chi connectivity index (χ0) is 30.5. The van der Waals surface area contributed by atoms with E-state index >= 15 is 0 Å².